The minimum absolute atomic E-state index is 0.113. The molecule has 0 bridgehead atoms. The van der Waals surface area contributed by atoms with E-state index in [0.29, 0.717) is 5.69 Å². The third-order valence-corrected chi connectivity index (χ3v) is 2.74. The first-order valence-electron chi connectivity index (χ1n) is 5.65. The predicted octanol–water partition coefficient (Wildman–Crippen LogP) is 3.59. The third-order valence-electron chi connectivity index (χ3n) is 2.74. The molecule has 0 saturated heterocycles. The van der Waals surface area contributed by atoms with Crippen LogP contribution >= 0.6 is 0 Å². The van der Waals surface area contributed by atoms with Crippen molar-refractivity contribution >= 4 is 22.9 Å². The van der Waals surface area contributed by atoms with Crippen LogP contribution in [0.2, 0.25) is 0 Å². The van der Waals surface area contributed by atoms with Gasteiger partial charge < -0.3 is 4.98 Å². The highest BCUT2D eigenvalue weighted by atomic mass is 19.2. The van der Waals surface area contributed by atoms with Gasteiger partial charge >= 0.3 is 0 Å². The molecular formula is C14H9F2N3. The molecule has 0 aliphatic carbocycles. The lowest BCUT2D eigenvalue weighted by molar-refractivity contribution is 0.507. The Morgan fingerprint density at radius 1 is 1.21 bits per heavy atom. The van der Waals surface area contributed by atoms with Crippen molar-refractivity contribution < 1.29 is 8.78 Å². The Kier molecular flexibility index (Phi) is 2.79. The molecule has 0 spiro atoms. The van der Waals surface area contributed by atoms with Gasteiger partial charge in [-0.1, -0.05) is 12.1 Å². The molecule has 19 heavy (non-hydrogen) atoms. The highest BCUT2D eigenvalue weighted by molar-refractivity contribution is 5.84. The molecule has 0 aliphatic heterocycles. The molecular weight excluding hydrogens is 250 g/mol. The average molecular weight is 259 g/mol. The minimum Gasteiger partial charge on any atom is -0.345 e. The summed E-state index contributed by atoms with van der Waals surface area (Å²) < 4.78 is 26.4. The number of aromatic amines is 1. The summed E-state index contributed by atoms with van der Waals surface area (Å²) in [5.41, 5.74) is 2.41. The summed E-state index contributed by atoms with van der Waals surface area (Å²) in [4.78, 5) is 11.2. The third kappa shape index (κ3) is 2.22. The van der Waals surface area contributed by atoms with E-state index in [9.17, 15) is 8.78 Å². The normalized spacial score (nSPS) is 11.5. The summed E-state index contributed by atoms with van der Waals surface area (Å²) in [6.07, 6.45) is 2.89. The number of fused-ring (bicyclic) bond motifs is 1. The highest BCUT2D eigenvalue weighted by Gasteiger charge is 2.05. The first kappa shape index (κ1) is 11.5. The largest absolute Gasteiger partial charge is 0.345 e. The molecule has 0 atom stereocenters. The van der Waals surface area contributed by atoms with Crippen molar-refractivity contribution in [2.24, 2.45) is 4.99 Å². The van der Waals surface area contributed by atoms with Gasteiger partial charge in [0.05, 0.1) is 23.0 Å². The van der Waals surface area contributed by atoms with Gasteiger partial charge in [-0.15, -0.1) is 0 Å². The predicted molar refractivity (Wildman–Crippen MR) is 69.7 cm³/mol. The minimum atomic E-state index is -0.896. The smallest absolute Gasteiger partial charge is 0.167 e. The summed E-state index contributed by atoms with van der Waals surface area (Å²) in [7, 11) is 0. The molecule has 2 aromatic carbocycles. The zero-order valence-corrected chi connectivity index (χ0v) is 9.77. The molecule has 94 valence electrons. The fourth-order valence-corrected chi connectivity index (χ4v) is 1.76. The van der Waals surface area contributed by atoms with E-state index in [0.717, 1.165) is 17.1 Å². The number of aromatic nitrogens is 2. The molecule has 0 aliphatic rings. The van der Waals surface area contributed by atoms with Gasteiger partial charge in [-0.05, 0) is 24.3 Å². The standard InChI is InChI=1S/C14H9F2N3/c15-11-3-1-2-9(14(11)16)7-17-10-4-5-12-13(6-10)19-8-18-12/h1-8H,(H,18,19)/b17-7-/i8+2. The Balaban J connectivity index is 1.95. The maximum absolute atomic E-state index is 13.4. The molecule has 0 saturated carbocycles. The zero-order valence-electron chi connectivity index (χ0n) is 9.77. The Morgan fingerprint density at radius 2 is 2.11 bits per heavy atom. The second-order valence-electron chi connectivity index (χ2n) is 4.01. The van der Waals surface area contributed by atoms with Gasteiger partial charge in [-0.3, -0.25) is 4.99 Å². The molecule has 0 amide bonds. The highest BCUT2D eigenvalue weighted by Crippen LogP contribution is 2.18. The quantitative estimate of drug-likeness (QED) is 0.702. The lowest BCUT2D eigenvalue weighted by Gasteiger charge is -1.97. The fraction of sp³-hybridized carbons (Fsp3) is 0. The lowest BCUT2D eigenvalue weighted by Crippen LogP contribution is -1.91. The number of halogens is 2. The van der Waals surface area contributed by atoms with Crippen molar-refractivity contribution in [3.63, 3.8) is 0 Å². The van der Waals surface area contributed by atoms with E-state index in [4.69, 9.17) is 0 Å². The lowest BCUT2D eigenvalue weighted by atomic mass is 10.2. The van der Waals surface area contributed by atoms with Crippen molar-refractivity contribution in [1.82, 2.24) is 9.97 Å². The van der Waals surface area contributed by atoms with Gasteiger partial charge in [0.2, 0.25) is 0 Å². The number of imidazole rings is 1. The SMILES string of the molecule is Fc1cccc(/C=N\c2ccc3[nH][14cH]nc3c2)c1F. The van der Waals surface area contributed by atoms with Crippen molar-refractivity contribution in [3.05, 3.63) is 59.9 Å². The Morgan fingerprint density at radius 3 is 3.00 bits per heavy atom. The van der Waals surface area contributed by atoms with Gasteiger partial charge in [0.1, 0.15) is 0 Å². The van der Waals surface area contributed by atoms with E-state index in [-0.39, 0.29) is 5.56 Å². The van der Waals surface area contributed by atoms with E-state index in [1.165, 1.54) is 18.3 Å². The second kappa shape index (κ2) is 4.61. The zero-order chi connectivity index (χ0) is 13.2. The fourth-order valence-electron chi connectivity index (χ4n) is 1.76. The van der Waals surface area contributed by atoms with Crippen LogP contribution in [0.4, 0.5) is 14.5 Å². The molecule has 3 nitrogen and oxygen atoms in total. The van der Waals surface area contributed by atoms with Crippen LogP contribution in [0.3, 0.4) is 0 Å². The second-order valence-corrected chi connectivity index (χ2v) is 4.01. The van der Waals surface area contributed by atoms with Crippen LogP contribution in [0, 0.1) is 11.6 Å². The van der Waals surface area contributed by atoms with Crippen LogP contribution in [-0.2, 0) is 0 Å². The number of rotatable bonds is 2. The number of nitrogens with zero attached hydrogens (tertiary/aromatic N) is 2. The molecule has 3 rings (SSSR count). The molecule has 0 fully saturated rings. The molecule has 1 heterocycles. The maximum Gasteiger partial charge on any atom is 0.167 e. The molecule has 1 aromatic heterocycles. The Bertz CT molecular complexity index is 762. The van der Waals surface area contributed by atoms with E-state index < -0.39 is 11.6 Å². The summed E-state index contributed by atoms with van der Waals surface area (Å²) in [6.45, 7) is 0. The van der Waals surface area contributed by atoms with Crippen molar-refractivity contribution in [2.45, 2.75) is 0 Å². The van der Waals surface area contributed by atoms with Crippen LogP contribution in [0.15, 0.2) is 47.7 Å². The summed E-state index contributed by atoms with van der Waals surface area (Å²) in [6, 6.07) is 9.35. The maximum atomic E-state index is 13.4. The number of benzene rings is 2. The molecule has 3 aromatic rings. The summed E-state index contributed by atoms with van der Waals surface area (Å²) in [5, 5.41) is 0. The number of hydrogen-bond acceptors (Lipinski definition) is 2. The van der Waals surface area contributed by atoms with E-state index in [1.807, 2.05) is 6.07 Å². The first-order valence-corrected chi connectivity index (χ1v) is 5.65. The van der Waals surface area contributed by atoms with Crippen molar-refractivity contribution in [1.29, 1.82) is 0 Å². The van der Waals surface area contributed by atoms with Crippen LogP contribution < -0.4 is 0 Å². The van der Waals surface area contributed by atoms with Gasteiger partial charge in [0, 0.05) is 11.8 Å². The number of nitrogens with one attached hydrogen (secondary N) is 1. The molecule has 1 N–H and O–H groups in total. The average Bonchev–Trinajstić information content (AvgIpc) is 2.88. The Labute approximate surface area is 107 Å². The monoisotopic (exact) mass is 259 g/mol. The van der Waals surface area contributed by atoms with Crippen molar-refractivity contribution in [2.75, 3.05) is 0 Å². The van der Waals surface area contributed by atoms with Crippen LogP contribution in [0.5, 0.6) is 0 Å². The van der Waals surface area contributed by atoms with E-state index in [1.54, 1.807) is 18.5 Å². The van der Waals surface area contributed by atoms with Gasteiger partial charge in [-0.25, -0.2) is 13.8 Å². The van der Waals surface area contributed by atoms with Gasteiger partial charge in [0.15, 0.2) is 11.6 Å². The number of hydrogen-bond donors (Lipinski definition) is 1. The van der Waals surface area contributed by atoms with Gasteiger partial charge in [-0.2, -0.15) is 0 Å². The van der Waals surface area contributed by atoms with E-state index >= 15 is 0 Å². The van der Waals surface area contributed by atoms with Crippen molar-refractivity contribution in [3.8, 4) is 0 Å². The first-order chi connectivity index (χ1) is 9.24. The van der Waals surface area contributed by atoms with E-state index in [2.05, 4.69) is 15.0 Å². The van der Waals surface area contributed by atoms with Crippen LogP contribution in [0.1, 0.15) is 5.56 Å². The molecule has 5 heteroatoms. The molecule has 0 unspecified atom stereocenters. The number of H-pyrrole nitrogens is 1. The Hall–Kier alpha value is -2.56. The topological polar surface area (TPSA) is 41.0 Å². The van der Waals surface area contributed by atoms with Crippen LogP contribution in [-0.4, -0.2) is 16.2 Å². The molecule has 0 radical (unpaired) electrons. The summed E-state index contributed by atoms with van der Waals surface area (Å²) >= 11 is 0. The van der Waals surface area contributed by atoms with Gasteiger partial charge in [0.25, 0.3) is 0 Å². The number of aliphatic imine (C=N–C) groups is 1. The van der Waals surface area contributed by atoms with Crippen LogP contribution in [0.25, 0.3) is 11.0 Å². The summed E-state index contributed by atoms with van der Waals surface area (Å²) in [5.74, 6) is -1.78.